The number of pyridine rings is 2. The lowest BCUT2D eigenvalue weighted by Gasteiger charge is -2.06. The van der Waals surface area contributed by atoms with Crippen molar-refractivity contribution in [1.29, 1.82) is 0 Å². The molecule has 0 spiro atoms. The lowest BCUT2D eigenvalue weighted by Crippen LogP contribution is -1.93. The number of hydrogen-bond donors (Lipinski definition) is 0. The molecular weight excluding hydrogens is 338 g/mol. The van der Waals surface area contributed by atoms with E-state index in [1.54, 1.807) is 0 Å². The first kappa shape index (κ1) is 14.0. The number of nitrogens with zero attached hydrogens (tertiary/aromatic N) is 3. The molecule has 3 nitrogen and oxygen atoms in total. The number of hydrogen-bond acceptors (Lipinski definition) is 3. The minimum Gasteiger partial charge on any atom is -0.307 e. The maximum atomic E-state index is 4.69. The molecule has 0 atom stereocenters. The topological polar surface area (TPSA) is 30.7 Å². The van der Waals surface area contributed by atoms with Gasteiger partial charge in [0.15, 0.2) is 0 Å². The molecule has 4 heterocycles. The second-order valence-electron chi connectivity index (χ2n) is 6.38. The van der Waals surface area contributed by atoms with Crippen molar-refractivity contribution in [2.45, 2.75) is 0 Å². The average molecular weight is 351 g/mol. The van der Waals surface area contributed by atoms with E-state index in [9.17, 15) is 0 Å². The quantitative estimate of drug-likeness (QED) is 0.367. The van der Waals surface area contributed by atoms with Gasteiger partial charge in [0.05, 0.1) is 16.6 Å². The summed E-state index contributed by atoms with van der Waals surface area (Å²) < 4.78 is 4.91. The average Bonchev–Trinajstić information content (AvgIpc) is 3.22. The highest BCUT2D eigenvalue weighted by molar-refractivity contribution is 7.25. The molecule has 6 aromatic rings. The first-order chi connectivity index (χ1) is 12.9. The van der Waals surface area contributed by atoms with Crippen LogP contribution in [0, 0.1) is 0 Å². The van der Waals surface area contributed by atoms with Gasteiger partial charge in [0.2, 0.25) is 0 Å². The van der Waals surface area contributed by atoms with Crippen molar-refractivity contribution in [1.82, 2.24) is 14.5 Å². The highest BCUT2D eigenvalue weighted by atomic mass is 32.1. The van der Waals surface area contributed by atoms with E-state index in [0.717, 1.165) is 16.7 Å². The van der Waals surface area contributed by atoms with Crippen molar-refractivity contribution >= 4 is 53.4 Å². The van der Waals surface area contributed by atoms with Crippen LogP contribution in [0.1, 0.15) is 0 Å². The molecule has 0 aliphatic heterocycles. The van der Waals surface area contributed by atoms with E-state index in [0.29, 0.717) is 0 Å². The summed E-state index contributed by atoms with van der Waals surface area (Å²) in [5.74, 6) is 0. The molecule has 0 bridgehead atoms. The monoisotopic (exact) mass is 351 g/mol. The van der Waals surface area contributed by atoms with Gasteiger partial charge in [-0.3, -0.25) is 9.97 Å². The van der Waals surface area contributed by atoms with Gasteiger partial charge in [0.25, 0.3) is 0 Å². The predicted molar refractivity (Wildman–Crippen MR) is 109 cm³/mol. The third-order valence-corrected chi connectivity index (χ3v) is 6.07. The zero-order chi connectivity index (χ0) is 17.1. The SMILES string of the molecule is c1ccc2c(c1)sc1cc3c(cc12)c1ncccc1n3-c1ccncc1. The van der Waals surface area contributed by atoms with Crippen LogP contribution in [0.2, 0.25) is 0 Å². The zero-order valence-corrected chi connectivity index (χ0v) is 14.6. The Hall–Kier alpha value is -3.24. The van der Waals surface area contributed by atoms with Crippen molar-refractivity contribution in [2.24, 2.45) is 0 Å². The van der Waals surface area contributed by atoms with E-state index in [4.69, 9.17) is 4.98 Å². The Labute approximate surface area is 153 Å². The van der Waals surface area contributed by atoms with Gasteiger partial charge in [0.1, 0.15) is 0 Å². The molecule has 122 valence electrons. The highest BCUT2D eigenvalue weighted by Gasteiger charge is 2.15. The van der Waals surface area contributed by atoms with Crippen LogP contribution in [0.15, 0.2) is 79.3 Å². The smallest absolute Gasteiger partial charge is 0.0963 e. The van der Waals surface area contributed by atoms with Gasteiger partial charge in [-0.1, -0.05) is 18.2 Å². The van der Waals surface area contributed by atoms with Gasteiger partial charge in [-0.25, -0.2) is 0 Å². The van der Waals surface area contributed by atoms with Crippen LogP contribution in [0.3, 0.4) is 0 Å². The molecule has 0 saturated carbocycles. The Morgan fingerprint density at radius 2 is 1.58 bits per heavy atom. The maximum Gasteiger partial charge on any atom is 0.0963 e. The molecule has 0 aliphatic carbocycles. The van der Waals surface area contributed by atoms with E-state index < -0.39 is 0 Å². The van der Waals surface area contributed by atoms with E-state index in [-0.39, 0.29) is 0 Å². The minimum atomic E-state index is 1.04. The van der Waals surface area contributed by atoms with Gasteiger partial charge in [-0.2, -0.15) is 0 Å². The van der Waals surface area contributed by atoms with Gasteiger partial charge >= 0.3 is 0 Å². The van der Waals surface area contributed by atoms with Crippen molar-refractivity contribution in [3.63, 3.8) is 0 Å². The number of aromatic nitrogens is 3. The third kappa shape index (κ3) is 1.82. The van der Waals surface area contributed by atoms with Crippen LogP contribution >= 0.6 is 11.3 Å². The predicted octanol–water partition coefficient (Wildman–Crippen LogP) is 5.94. The standard InChI is InChI=1S/C22H13N3S/c1-2-6-20-15(4-1)16-12-17-19(13-21(16)26-20)25(14-7-10-23-11-8-14)18-5-3-9-24-22(17)18/h1-13H. The summed E-state index contributed by atoms with van der Waals surface area (Å²) in [5.41, 5.74) is 4.45. The molecule has 2 aromatic carbocycles. The van der Waals surface area contributed by atoms with Gasteiger partial charge in [-0.05, 0) is 42.5 Å². The van der Waals surface area contributed by atoms with Crippen LogP contribution in [0.25, 0.3) is 47.8 Å². The van der Waals surface area contributed by atoms with Crippen molar-refractivity contribution in [3.8, 4) is 5.69 Å². The molecule has 0 N–H and O–H groups in total. The second kappa shape index (κ2) is 5.13. The Morgan fingerprint density at radius 1 is 0.692 bits per heavy atom. The van der Waals surface area contributed by atoms with Gasteiger partial charge < -0.3 is 4.57 Å². The van der Waals surface area contributed by atoms with E-state index in [1.165, 1.54) is 31.1 Å². The summed E-state index contributed by atoms with van der Waals surface area (Å²) in [7, 11) is 0. The molecule has 4 aromatic heterocycles. The van der Waals surface area contributed by atoms with E-state index in [1.807, 2.05) is 48.1 Å². The number of fused-ring (bicyclic) bond motifs is 6. The number of rotatable bonds is 1. The largest absolute Gasteiger partial charge is 0.307 e. The van der Waals surface area contributed by atoms with Crippen LogP contribution in [0.4, 0.5) is 0 Å². The Morgan fingerprint density at radius 3 is 2.50 bits per heavy atom. The normalized spacial score (nSPS) is 11.8. The van der Waals surface area contributed by atoms with Gasteiger partial charge in [0, 0.05) is 49.8 Å². The lowest BCUT2D eigenvalue weighted by molar-refractivity contribution is 1.15. The summed E-state index contributed by atoms with van der Waals surface area (Å²) in [6.07, 6.45) is 5.54. The fourth-order valence-electron chi connectivity index (χ4n) is 3.82. The fourth-order valence-corrected chi connectivity index (χ4v) is 4.94. The number of thiophene rings is 1. The minimum absolute atomic E-state index is 1.04. The van der Waals surface area contributed by atoms with Crippen molar-refractivity contribution in [3.05, 3.63) is 79.3 Å². The van der Waals surface area contributed by atoms with Crippen LogP contribution < -0.4 is 0 Å². The molecule has 26 heavy (non-hydrogen) atoms. The zero-order valence-electron chi connectivity index (χ0n) is 13.8. The molecule has 4 heteroatoms. The van der Waals surface area contributed by atoms with Gasteiger partial charge in [-0.15, -0.1) is 11.3 Å². The summed E-state index contributed by atoms with van der Waals surface area (Å²) >= 11 is 1.84. The fraction of sp³-hybridized carbons (Fsp3) is 0. The number of benzene rings is 2. The Kier molecular flexibility index (Phi) is 2.76. The van der Waals surface area contributed by atoms with E-state index >= 15 is 0 Å². The Bertz CT molecular complexity index is 1430. The van der Waals surface area contributed by atoms with Crippen LogP contribution in [-0.2, 0) is 0 Å². The molecule has 6 rings (SSSR count). The van der Waals surface area contributed by atoms with Crippen molar-refractivity contribution < 1.29 is 0 Å². The first-order valence-corrected chi connectivity index (χ1v) is 9.33. The molecular formula is C22H13N3S. The molecule has 0 fully saturated rings. The third-order valence-electron chi connectivity index (χ3n) is 4.94. The molecule has 0 radical (unpaired) electrons. The molecule has 0 aliphatic rings. The first-order valence-electron chi connectivity index (χ1n) is 8.51. The summed E-state index contributed by atoms with van der Waals surface area (Å²) in [6.45, 7) is 0. The molecule has 0 unspecified atom stereocenters. The van der Waals surface area contributed by atoms with Crippen LogP contribution in [0.5, 0.6) is 0 Å². The second-order valence-corrected chi connectivity index (χ2v) is 7.46. The maximum absolute atomic E-state index is 4.69. The summed E-state index contributed by atoms with van der Waals surface area (Å²) in [5, 5.41) is 3.81. The Balaban J connectivity index is 1.85. The summed E-state index contributed by atoms with van der Waals surface area (Å²) in [4.78, 5) is 8.86. The van der Waals surface area contributed by atoms with E-state index in [2.05, 4.69) is 52.0 Å². The molecule has 0 amide bonds. The lowest BCUT2D eigenvalue weighted by atomic mass is 10.1. The van der Waals surface area contributed by atoms with Crippen LogP contribution in [-0.4, -0.2) is 14.5 Å². The van der Waals surface area contributed by atoms with Crippen molar-refractivity contribution in [2.75, 3.05) is 0 Å². The summed E-state index contributed by atoms with van der Waals surface area (Å²) in [6, 6.07) is 21.4. The molecule has 0 saturated heterocycles. The highest BCUT2D eigenvalue weighted by Crippen LogP contribution is 2.39.